The summed E-state index contributed by atoms with van der Waals surface area (Å²) in [6.45, 7) is 24.5. The first-order valence-electron chi connectivity index (χ1n) is 15.0. The number of esters is 1. The van der Waals surface area contributed by atoms with Gasteiger partial charge < -0.3 is 14.2 Å². The van der Waals surface area contributed by atoms with Crippen molar-refractivity contribution in [2.24, 2.45) is 0 Å². The summed E-state index contributed by atoms with van der Waals surface area (Å²) in [5.74, 6) is 5.27. The summed E-state index contributed by atoms with van der Waals surface area (Å²) in [5, 5.41) is 0. The highest BCUT2D eigenvalue weighted by molar-refractivity contribution is 6.90. The maximum atomic E-state index is 13.4. The van der Waals surface area contributed by atoms with Gasteiger partial charge in [-0.15, -0.1) is 5.54 Å². The molecule has 0 spiro atoms. The lowest BCUT2D eigenvalue weighted by molar-refractivity contribution is -0.143. The standard InChI is InChI=1S/C35H51NO4Si/c1-14-40-35(37)32-30(15-16-41(21(2)3,22(4)5)23(6)7)36(32)31(28-17-24(8)33(38-12)25(9)18-28)29-19-26(10)34(39-13)27(11)20-29/h17-23,30-32H,14H2,1-13H3/t30-,32-,36?/m1/s1. The Balaban J connectivity index is 2.27. The largest absolute Gasteiger partial charge is 0.496 e. The summed E-state index contributed by atoms with van der Waals surface area (Å²) in [5.41, 5.74) is 11.9. The first-order chi connectivity index (χ1) is 19.3. The van der Waals surface area contributed by atoms with Gasteiger partial charge in [0.2, 0.25) is 0 Å². The predicted octanol–water partition coefficient (Wildman–Crippen LogP) is 7.86. The number of carbonyl (C=O) groups excluding carboxylic acids is 1. The van der Waals surface area contributed by atoms with Gasteiger partial charge in [0.1, 0.15) is 25.6 Å². The van der Waals surface area contributed by atoms with Gasteiger partial charge in [0, 0.05) is 0 Å². The summed E-state index contributed by atoms with van der Waals surface area (Å²) in [7, 11) is 1.43. The van der Waals surface area contributed by atoms with Crippen LogP contribution in [0.25, 0.3) is 0 Å². The second-order valence-electron chi connectivity index (χ2n) is 12.5. The van der Waals surface area contributed by atoms with Crippen molar-refractivity contribution < 1.29 is 19.0 Å². The minimum absolute atomic E-state index is 0.177. The smallest absolute Gasteiger partial charge is 0.326 e. The molecule has 41 heavy (non-hydrogen) atoms. The van der Waals surface area contributed by atoms with E-state index >= 15 is 0 Å². The van der Waals surface area contributed by atoms with Crippen LogP contribution in [0.15, 0.2) is 24.3 Å². The minimum atomic E-state index is -1.99. The quantitative estimate of drug-likeness (QED) is 0.124. The summed E-state index contributed by atoms with van der Waals surface area (Å²) < 4.78 is 17.0. The molecule has 0 aromatic heterocycles. The Kier molecular flexibility index (Phi) is 10.4. The molecule has 2 aromatic rings. The van der Waals surface area contributed by atoms with E-state index in [0.717, 1.165) is 44.9 Å². The summed E-state index contributed by atoms with van der Waals surface area (Å²) in [4.78, 5) is 15.7. The Morgan fingerprint density at radius 2 is 1.20 bits per heavy atom. The lowest BCUT2D eigenvalue weighted by Gasteiger charge is -2.38. The number of benzene rings is 2. The number of aryl methyl sites for hydroxylation is 4. The predicted molar refractivity (Wildman–Crippen MR) is 172 cm³/mol. The number of hydrogen-bond donors (Lipinski definition) is 0. The van der Waals surface area contributed by atoms with Gasteiger partial charge in [0.05, 0.1) is 32.9 Å². The zero-order valence-corrected chi connectivity index (χ0v) is 28.6. The Morgan fingerprint density at radius 3 is 1.51 bits per heavy atom. The molecule has 0 N–H and O–H groups in total. The second-order valence-corrected chi connectivity index (χ2v) is 18.1. The molecule has 1 aliphatic heterocycles. The van der Waals surface area contributed by atoms with E-state index < -0.39 is 14.1 Å². The van der Waals surface area contributed by atoms with Crippen LogP contribution in [0.1, 0.15) is 87.9 Å². The molecule has 5 nitrogen and oxygen atoms in total. The monoisotopic (exact) mass is 577 g/mol. The van der Waals surface area contributed by atoms with Gasteiger partial charge in [0.25, 0.3) is 0 Å². The molecule has 1 aliphatic rings. The maximum Gasteiger partial charge on any atom is 0.326 e. The molecule has 3 rings (SSSR count). The van der Waals surface area contributed by atoms with Crippen LogP contribution in [0.3, 0.4) is 0 Å². The van der Waals surface area contributed by atoms with Crippen molar-refractivity contribution in [3.05, 3.63) is 57.6 Å². The van der Waals surface area contributed by atoms with Gasteiger partial charge in [-0.25, -0.2) is 0 Å². The molecule has 1 fully saturated rings. The molecule has 6 heteroatoms. The lowest BCUT2D eigenvalue weighted by Crippen LogP contribution is -2.43. The van der Waals surface area contributed by atoms with Gasteiger partial charge in [-0.05, 0) is 84.6 Å². The summed E-state index contributed by atoms with van der Waals surface area (Å²) in [6.07, 6.45) is 0. The third-order valence-corrected chi connectivity index (χ3v) is 15.3. The van der Waals surface area contributed by atoms with Crippen LogP contribution in [-0.2, 0) is 9.53 Å². The van der Waals surface area contributed by atoms with Crippen molar-refractivity contribution in [2.45, 2.75) is 111 Å². The molecule has 0 aliphatic carbocycles. The molecular weight excluding hydrogens is 526 g/mol. The highest BCUT2D eigenvalue weighted by atomic mass is 28.3. The summed E-state index contributed by atoms with van der Waals surface area (Å²) >= 11 is 0. The van der Waals surface area contributed by atoms with E-state index in [2.05, 4.69) is 110 Å². The fraction of sp³-hybridized carbons (Fsp3) is 0.571. The average molecular weight is 578 g/mol. The first kappa shape index (κ1) is 32.8. The number of ether oxygens (including phenoxy) is 3. The van der Waals surface area contributed by atoms with Gasteiger partial charge in [0.15, 0.2) is 0 Å². The molecule has 224 valence electrons. The van der Waals surface area contributed by atoms with Crippen LogP contribution in [0.4, 0.5) is 0 Å². The molecular formula is C35H51NO4Si. The third kappa shape index (κ3) is 6.22. The van der Waals surface area contributed by atoms with E-state index in [4.69, 9.17) is 14.2 Å². The fourth-order valence-corrected chi connectivity index (χ4v) is 12.6. The molecule has 0 amide bonds. The van der Waals surface area contributed by atoms with E-state index in [1.54, 1.807) is 14.2 Å². The van der Waals surface area contributed by atoms with Crippen LogP contribution in [0.2, 0.25) is 16.6 Å². The Hall–Kier alpha value is -2.75. The third-order valence-electron chi connectivity index (χ3n) is 8.99. The maximum absolute atomic E-state index is 13.4. The number of rotatable bonds is 10. The van der Waals surface area contributed by atoms with Crippen molar-refractivity contribution >= 4 is 14.0 Å². The van der Waals surface area contributed by atoms with E-state index in [-0.39, 0.29) is 18.1 Å². The Bertz CT molecular complexity index is 1190. The van der Waals surface area contributed by atoms with Crippen molar-refractivity contribution in [2.75, 3.05) is 20.8 Å². The second kappa shape index (κ2) is 13.0. The first-order valence-corrected chi connectivity index (χ1v) is 17.3. The number of hydrogen-bond acceptors (Lipinski definition) is 5. The van der Waals surface area contributed by atoms with Crippen molar-refractivity contribution in [1.82, 2.24) is 4.90 Å². The highest BCUT2D eigenvalue weighted by Crippen LogP contribution is 2.47. The molecule has 2 aromatic carbocycles. The van der Waals surface area contributed by atoms with Crippen LogP contribution in [-0.4, -0.2) is 51.9 Å². The number of nitrogens with zero attached hydrogens (tertiary/aromatic N) is 1. The minimum Gasteiger partial charge on any atom is -0.496 e. The van der Waals surface area contributed by atoms with Crippen LogP contribution < -0.4 is 9.47 Å². The summed E-state index contributed by atoms with van der Waals surface area (Å²) in [6, 6.07) is 7.93. The van der Waals surface area contributed by atoms with E-state index in [0.29, 0.717) is 23.2 Å². The van der Waals surface area contributed by atoms with Gasteiger partial charge in [-0.1, -0.05) is 71.7 Å². The fourth-order valence-electron chi connectivity index (χ4n) is 7.30. The average Bonchev–Trinajstić information content (AvgIpc) is 3.57. The molecule has 0 bridgehead atoms. The highest BCUT2D eigenvalue weighted by Gasteiger charge is 2.57. The molecule has 0 radical (unpaired) electrons. The van der Waals surface area contributed by atoms with E-state index in [1.165, 1.54) is 0 Å². The zero-order chi connectivity index (χ0) is 30.8. The van der Waals surface area contributed by atoms with E-state index in [1.807, 2.05) is 6.92 Å². The van der Waals surface area contributed by atoms with Gasteiger partial charge in [-0.2, -0.15) is 0 Å². The molecule has 0 saturated carbocycles. The van der Waals surface area contributed by atoms with Crippen LogP contribution in [0, 0.1) is 39.2 Å². The molecule has 1 saturated heterocycles. The molecule has 3 atom stereocenters. The van der Waals surface area contributed by atoms with Crippen molar-refractivity contribution in [3.8, 4) is 23.0 Å². The SMILES string of the molecule is CCOC(=O)[C@H]1[C@@H](C#C[Si](C(C)C)(C(C)C)C(C)C)N1C(c1cc(C)c(OC)c(C)c1)c1cc(C)c(OC)c(C)c1. The molecule has 1 unspecified atom stereocenters. The van der Waals surface area contributed by atoms with Crippen molar-refractivity contribution in [1.29, 1.82) is 0 Å². The zero-order valence-electron chi connectivity index (χ0n) is 27.6. The van der Waals surface area contributed by atoms with Crippen molar-refractivity contribution in [3.63, 3.8) is 0 Å². The molecule has 1 heterocycles. The van der Waals surface area contributed by atoms with Gasteiger partial charge in [-0.3, -0.25) is 9.69 Å². The Morgan fingerprint density at radius 1 is 0.805 bits per heavy atom. The normalized spacial score (nSPS) is 18.5. The Labute approximate surface area is 250 Å². The van der Waals surface area contributed by atoms with E-state index in [9.17, 15) is 4.79 Å². The van der Waals surface area contributed by atoms with Crippen LogP contribution in [0.5, 0.6) is 11.5 Å². The number of carbonyl (C=O) groups is 1. The lowest BCUT2D eigenvalue weighted by atomic mass is 9.92. The topological polar surface area (TPSA) is 47.8 Å². The number of methoxy groups -OCH3 is 2. The van der Waals surface area contributed by atoms with Gasteiger partial charge >= 0.3 is 5.97 Å². The van der Waals surface area contributed by atoms with Crippen LogP contribution >= 0.6 is 0 Å².